The van der Waals surface area contributed by atoms with Crippen LogP contribution in [-0.2, 0) is 11.2 Å². The first kappa shape index (κ1) is 9.45. The Balaban J connectivity index is 2.18. The van der Waals surface area contributed by atoms with Crippen LogP contribution in [0.3, 0.4) is 0 Å². The minimum absolute atomic E-state index is 0.572. The Kier molecular flexibility index (Phi) is 2.49. The van der Waals surface area contributed by atoms with E-state index in [-0.39, 0.29) is 0 Å². The van der Waals surface area contributed by atoms with Crippen molar-refractivity contribution in [2.75, 3.05) is 0 Å². The van der Waals surface area contributed by atoms with Crippen LogP contribution in [0.4, 0.5) is 0 Å². The van der Waals surface area contributed by atoms with E-state index < -0.39 is 5.97 Å². The summed E-state index contributed by atoms with van der Waals surface area (Å²) in [6, 6.07) is 5.61. The van der Waals surface area contributed by atoms with Gasteiger partial charge in [0, 0.05) is 6.08 Å². The summed E-state index contributed by atoms with van der Waals surface area (Å²) in [5, 5.41) is 8.41. The number of carbonyl (C=O) groups is 1. The SMILES string of the molecule is O=C(O)/C=C/Cc1ccc2ncoc2c1. The summed E-state index contributed by atoms with van der Waals surface area (Å²) in [6.07, 6.45) is 4.69. The molecule has 0 saturated heterocycles. The quantitative estimate of drug-likeness (QED) is 0.775. The molecule has 4 heteroatoms. The lowest BCUT2D eigenvalue weighted by Crippen LogP contribution is -1.87. The number of nitrogens with zero attached hydrogens (tertiary/aromatic N) is 1. The average Bonchev–Trinajstić information content (AvgIpc) is 2.64. The Labute approximate surface area is 85.9 Å². The van der Waals surface area contributed by atoms with E-state index in [4.69, 9.17) is 9.52 Å². The Morgan fingerprint density at radius 1 is 1.53 bits per heavy atom. The number of aromatic nitrogens is 1. The molecule has 76 valence electrons. The van der Waals surface area contributed by atoms with Crippen molar-refractivity contribution in [1.29, 1.82) is 0 Å². The third-order valence-electron chi connectivity index (χ3n) is 2.01. The van der Waals surface area contributed by atoms with E-state index in [0.29, 0.717) is 6.42 Å². The second kappa shape index (κ2) is 3.96. The van der Waals surface area contributed by atoms with E-state index in [1.165, 1.54) is 6.39 Å². The molecule has 0 fully saturated rings. The predicted molar refractivity (Wildman–Crippen MR) is 54.5 cm³/mol. The fourth-order valence-corrected chi connectivity index (χ4v) is 1.32. The van der Waals surface area contributed by atoms with Crippen molar-refractivity contribution in [3.05, 3.63) is 42.3 Å². The number of hydrogen-bond donors (Lipinski definition) is 1. The van der Waals surface area contributed by atoms with Gasteiger partial charge in [0.15, 0.2) is 12.0 Å². The molecule has 1 N–H and O–H groups in total. The van der Waals surface area contributed by atoms with E-state index >= 15 is 0 Å². The summed E-state index contributed by atoms with van der Waals surface area (Å²) < 4.78 is 5.13. The van der Waals surface area contributed by atoms with Gasteiger partial charge in [0.1, 0.15) is 5.52 Å². The highest BCUT2D eigenvalue weighted by Crippen LogP contribution is 2.14. The minimum Gasteiger partial charge on any atom is -0.478 e. The van der Waals surface area contributed by atoms with Crippen LogP contribution in [0.25, 0.3) is 11.1 Å². The van der Waals surface area contributed by atoms with Crippen LogP contribution in [0.15, 0.2) is 41.2 Å². The lowest BCUT2D eigenvalue weighted by atomic mass is 10.1. The molecule has 0 aliphatic rings. The molecule has 1 aromatic heterocycles. The molecule has 0 spiro atoms. The molecule has 1 heterocycles. The molecule has 2 aromatic rings. The molecular weight excluding hydrogens is 194 g/mol. The van der Waals surface area contributed by atoms with E-state index in [0.717, 1.165) is 22.7 Å². The van der Waals surface area contributed by atoms with Gasteiger partial charge in [-0.15, -0.1) is 0 Å². The van der Waals surface area contributed by atoms with E-state index in [1.54, 1.807) is 6.08 Å². The molecule has 0 atom stereocenters. The van der Waals surface area contributed by atoms with Crippen molar-refractivity contribution < 1.29 is 14.3 Å². The van der Waals surface area contributed by atoms with Gasteiger partial charge < -0.3 is 9.52 Å². The van der Waals surface area contributed by atoms with Gasteiger partial charge in [0.05, 0.1) is 0 Å². The number of oxazole rings is 1. The van der Waals surface area contributed by atoms with Gasteiger partial charge in [-0.05, 0) is 24.1 Å². The average molecular weight is 203 g/mol. The third kappa shape index (κ3) is 2.22. The number of hydrogen-bond acceptors (Lipinski definition) is 3. The van der Waals surface area contributed by atoms with Crippen molar-refractivity contribution in [2.24, 2.45) is 0 Å². The molecule has 0 aliphatic carbocycles. The highest BCUT2D eigenvalue weighted by molar-refractivity contribution is 5.79. The smallest absolute Gasteiger partial charge is 0.327 e. The van der Waals surface area contributed by atoms with Crippen LogP contribution in [0, 0.1) is 0 Å². The summed E-state index contributed by atoms with van der Waals surface area (Å²) in [4.78, 5) is 14.2. The fraction of sp³-hybridized carbons (Fsp3) is 0.0909. The number of carboxylic acid groups (broad SMARTS) is 1. The first-order valence-electron chi connectivity index (χ1n) is 4.47. The van der Waals surface area contributed by atoms with Gasteiger partial charge in [-0.3, -0.25) is 0 Å². The first-order valence-corrected chi connectivity index (χ1v) is 4.47. The van der Waals surface area contributed by atoms with Gasteiger partial charge >= 0.3 is 5.97 Å². The van der Waals surface area contributed by atoms with E-state index in [1.807, 2.05) is 18.2 Å². The molecular formula is C11H9NO3. The summed E-state index contributed by atoms with van der Waals surface area (Å²) in [7, 11) is 0. The van der Waals surface area contributed by atoms with Gasteiger partial charge in [-0.25, -0.2) is 9.78 Å². The van der Waals surface area contributed by atoms with Crippen molar-refractivity contribution in [2.45, 2.75) is 6.42 Å². The van der Waals surface area contributed by atoms with Crippen molar-refractivity contribution in [1.82, 2.24) is 4.98 Å². The van der Waals surface area contributed by atoms with Gasteiger partial charge in [0.2, 0.25) is 0 Å². The molecule has 0 amide bonds. The summed E-state index contributed by atoms with van der Waals surface area (Å²) in [5.41, 5.74) is 2.52. The molecule has 0 saturated carbocycles. The second-order valence-corrected chi connectivity index (χ2v) is 3.10. The maximum Gasteiger partial charge on any atom is 0.327 e. The highest BCUT2D eigenvalue weighted by atomic mass is 16.4. The van der Waals surface area contributed by atoms with Crippen LogP contribution < -0.4 is 0 Å². The maximum absolute atomic E-state index is 10.2. The van der Waals surface area contributed by atoms with Crippen molar-refractivity contribution >= 4 is 17.1 Å². The number of aliphatic carboxylic acids is 1. The van der Waals surface area contributed by atoms with Crippen molar-refractivity contribution in [3.8, 4) is 0 Å². The van der Waals surface area contributed by atoms with Crippen LogP contribution in [0.2, 0.25) is 0 Å². The van der Waals surface area contributed by atoms with Crippen LogP contribution >= 0.6 is 0 Å². The molecule has 4 nitrogen and oxygen atoms in total. The zero-order valence-electron chi connectivity index (χ0n) is 7.88. The molecule has 2 rings (SSSR count). The van der Waals surface area contributed by atoms with Gasteiger partial charge in [-0.1, -0.05) is 12.1 Å². The minimum atomic E-state index is -0.934. The molecule has 0 aliphatic heterocycles. The largest absolute Gasteiger partial charge is 0.478 e. The topological polar surface area (TPSA) is 63.3 Å². The zero-order chi connectivity index (χ0) is 10.7. The molecule has 0 unspecified atom stereocenters. The lowest BCUT2D eigenvalue weighted by molar-refractivity contribution is -0.131. The summed E-state index contributed by atoms with van der Waals surface area (Å²) >= 11 is 0. The molecule has 0 radical (unpaired) electrons. The standard InChI is InChI=1S/C11H9NO3/c13-11(14)3-1-2-8-4-5-9-10(6-8)15-7-12-9/h1,3-7H,2H2,(H,13,14)/b3-1+. The zero-order valence-corrected chi connectivity index (χ0v) is 7.88. The summed E-state index contributed by atoms with van der Waals surface area (Å²) in [5.74, 6) is -0.934. The number of benzene rings is 1. The number of rotatable bonds is 3. The Bertz CT molecular complexity index is 513. The van der Waals surface area contributed by atoms with Crippen molar-refractivity contribution in [3.63, 3.8) is 0 Å². The van der Waals surface area contributed by atoms with Crippen LogP contribution in [0.1, 0.15) is 5.56 Å². The van der Waals surface area contributed by atoms with E-state index in [2.05, 4.69) is 4.98 Å². The molecule has 1 aromatic carbocycles. The summed E-state index contributed by atoms with van der Waals surface area (Å²) in [6.45, 7) is 0. The Hall–Kier alpha value is -2.10. The predicted octanol–water partition coefficient (Wildman–Crippen LogP) is 2.01. The number of carboxylic acids is 1. The maximum atomic E-state index is 10.2. The van der Waals surface area contributed by atoms with Gasteiger partial charge in [0.25, 0.3) is 0 Å². The van der Waals surface area contributed by atoms with Gasteiger partial charge in [-0.2, -0.15) is 0 Å². The highest BCUT2D eigenvalue weighted by Gasteiger charge is 1.98. The molecule has 0 bridgehead atoms. The normalized spacial score (nSPS) is 11.2. The number of fused-ring (bicyclic) bond motifs is 1. The van der Waals surface area contributed by atoms with Crippen LogP contribution in [-0.4, -0.2) is 16.1 Å². The fourth-order valence-electron chi connectivity index (χ4n) is 1.32. The first-order chi connectivity index (χ1) is 7.25. The Morgan fingerprint density at radius 3 is 3.20 bits per heavy atom. The van der Waals surface area contributed by atoms with Crippen LogP contribution in [0.5, 0.6) is 0 Å². The lowest BCUT2D eigenvalue weighted by Gasteiger charge is -1.94. The van der Waals surface area contributed by atoms with E-state index in [9.17, 15) is 4.79 Å². The Morgan fingerprint density at radius 2 is 2.40 bits per heavy atom. The monoisotopic (exact) mass is 203 g/mol. The number of allylic oxidation sites excluding steroid dienone is 1. The third-order valence-corrected chi connectivity index (χ3v) is 2.01. The second-order valence-electron chi connectivity index (χ2n) is 3.10. The molecule has 15 heavy (non-hydrogen) atoms.